The summed E-state index contributed by atoms with van der Waals surface area (Å²) in [6, 6.07) is 0.442. The molecule has 1 amide bonds. The second-order valence-electron chi connectivity index (χ2n) is 3.71. The first-order valence-electron chi connectivity index (χ1n) is 4.70. The summed E-state index contributed by atoms with van der Waals surface area (Å²) in [5.74, 6) is 1.47. The molecule has 1 saturated carbocycles. The number of amides is 1. The summed E-state index contributed by atoms with van der Waals surface area (Å²) in [5, 5.41) is 3.04. The monoisotopic (exact) mass is 169 g/mol. The van der Waals surface area contributed by atoms with E-state index in [-0.39, 0.29) is 5.91 Å². The van der Waals surface area contributed by atoms with Gasteiger partial charge in [-0.25, -0.2) is 0 Å². The molecule has 2 atom stereocenters. The quantitative estimate of drug-likeness (QED) is 0.670. The Balaban J connectivity index is 1.72. The van der Waals surface area contributed by atoms with Gasteiger partial charge >= 0.3 is 0 Å². The molecule has 0 aromatic carbocycles. The summed E-state index contributed by atoms with van der Waals surface area (Å²) in [6.45, 7) is 3.72. The van der Waals surface area contributed by atoms with Crippen molar-refractivity contribution >= 4 is 5.91 Å². The molecule has 0 radical (unpaired) electrons. The van der Waals surface area contributed by atoms with E-state index in [9.17, 15) is 4.79 Å². The molecule has 3 heteroatoms. The topological polar surface area (TPSA) is 38.3 Å². The normalized spacial score (nSPS) is 37.6. The lowest BCUT2D eigenvalue weighted by molar-refractivity contribution is -0.121. The molecule has 0 spiro atoms. The molecule has 1 heterocycles. The van der Waals surface area contributed by atoms with Crippen molar-refractivity contribution in [3.63, 3.8) is 0 Å². The number of ether oxygens (including phenoxy) is 1. The van der Waals surface area contributed by atoms with E-state index in [2.05, 4.69) is 5.32 Å². The van der Waals surface area contributed by atoms with E-state index >= 15 is 0 Å². The van der Waals surface area contributed by atoms with Gasteiger partial charge in [0.05, 0.1) is 13.2 Å². The van der Waals surface area contributed by atoms with E-state index in [0.29, 0.717) is 24.3 Å². The van der Waals surface area contributed by atoms with Crippen LogP contribution in [0.4, 0.5) is 0 Å². The van der Waals surface area contributed by atoms with Crippen LogP contribution in [0.2, 0.25) is 0 Å². The van der Waals surface area contributed by atoms with Crippen LogP contribution in [0.25, 0.3) is 0 Å². The summed E-state index contributed by atoms with van der Waals surface area (Å²) in [6.07, 6.45) is 1.60. The fourth-order valence-electron chi connectivity index (χ4n) is 1.94. The minimum atomic E-state index is 0.205. The third-order valence-electron chi connectivity index (χ3n) is 2.76. The lowest BCUT2D eigenvalue weighted by atomic mass is 10.3. The number of rotatable bonds is 3. The van der Waals surface area contributed by atoms with Crippen LogP contribution in [-0.4, -0.2) is 25.2 Å². The molecule has 1 aliphatic heterocycles. The molecule has 1 saturated heterocycles. The second-order valence-corrected chi connectivity index (χ2v) is 3.71. The van der Waals surface area contributed by atoms with Crippen LogP contribution in [0.1, 0.15) is 19.8 Å². The molecule has 3 nitrogen and oxygen atoms in total. The third kappa shape index (κ3) is 1.33. The van der Waals surface area contributed by atoms with Crippen molar-refractivity contribution in [1.82, 2.24) is 5.32 Å². The maximum atomic E-state index is 11.2. The zero-order valence-electron chi connectivity index (χ0n) is 7.38. The Morgan fingerprint density at radius 3 is 2.75 bits per heavy atom. The van der Waals surface area contributed by atoms with E-state index in [4.69, 9.17) is 4.74 Å². The lowest BCUT2D eigenvalue weighted by Gasteiger charge is -2.05. The highest BCUT2D eigenvalue weighted by atomic mass is 16.5. The summed E-state index contributed by atoms with van der Waals surface area (Å²) < 4.78 is 5.23. The Bertz CT molecular complexity index is 183. The number of carbonyl (C=O) groups excluding carboxylic acids is 1. The van der Waals surface area contributed by atoms with Crippen molar-refractivity contribution in [2.45, 2.75) is 25.8 Å². The van der Waals surface area contributed by atoms with Gasteiger partial charge in [0.2, 0.25) is 5.91 Å². The molecule has 0 bridgehead atoms. The molecule has 0 aromatic rings. The number of hydrogen-bond acceptors (Lipinski definition) is 2. The highest BCUT2D eigenvalue weighted by molar-refractivity contribution is 5.76. The van der Waals surface area contributed by atoms with Gasteiger partial charge in [-0.3, -0.25) is 4.79 Å². The first kappa shape index (κ1) is 8.05. The molecule has 68 valence electrons. The number of nitrogens with one attached hydrogen (secondary N) is 1. The fourth-order valence-corrected chi connectivity index (χ4v) is 1.94. The minimum Gasteiger partial charge on any atom is -0.381 e. The first-order chi connectivity index (χ1) is 5.83. The van der Waals surface area contributed by atoms with Crippen LogP contribution in [0.3, 0.4) is 0 Å². The van der Waals surface area contributed by atoms with Crippen molar-refractivity contribution in [2.75, 3.05) is 13.2 Å². The number of hydrogen-bond donors (Lipinski definition) is 1. The average Bonchev–Trinajstić information content (AvgIpc) is 2.51. The zero-order valence-corrected chi connectivity index (χ0v) is 7.38. The first-order valence-corrected chi connectivity index (χ1v) is 4.70. The van der Waals surface area contributed by atoms with Gasteiger partial charge in [-0.15, -0.1) is 0 Å². The predicted molar refractivity (Wildman–Crippen MR) is 44.6 cm³/mol. The molecule has 2 rings (SSSR count). The maximum absolute atomic E-state index is 11.2. The Labute approximate surface area is 72.5 Å². The van der Waals surface area contributed by atoms with Gasteiger partial charge in [0.25, 0.3) is 0 Å². The van der Waals surface area contributed by atoms with Crippen molar-refractivity contribution in [3.8, 4) is 0 Å². The van der Waals surface area contributed by atoms with Crippen LogP contribution in [-0.2, 0) is 9.53 Å². The molecule has 1 aliphatic carbocycles. The molecular weight excluding hydrogens is 154 g/mol. The van der Waals surface area contributed by atoms with Crippen molar-refractivity contribution in [2.24, 2.45) is 11.8 Å². The van der Waals surface area contributed by atoms with Gasteiger partial charge in [-0.05, 0) is 6.42 Å². The fraction of sp³-hybridized carbons (Fsp3) is 0.889. The molecule has 0 aromatic heterocycles. The van der Waals surface area contributed by atoms with Crippen LogP contribution in [0, 0.1) is 11.8 Å². The summed E-state index contributed by atoms with van der Waals surface area (Å²) in [5.41, 5.74) is 0. The van der Waals surface area contributed by atoms with E-state index in [1.807, 2.05) is 6.92 Å². The lowest BCUT2D eigenvalue weighted by Crippen LogP contribution is -2.29. The third-order valence-corrected chi connectivity index (χ3v) is 2.76. The van der Waals surface area contributed by atoms with E-state index in [0.717, 1.165) is 19.6 Å². The van der Waals surface area contributed by atoms with Gasteiger partial charge < -0.3 is 10.1 Å². The molecule has 0 unspecified atom stereocenters. The van der Waals surface area contributed by atoms with Crippen LogP contribution >= 0.6 is 0 Å². The van der Waals surface area contributed by atoms with Gasteiger partial charge in [-0.1, -0.05) is 6.92 Å². The Kier molecular flexibility index (Phi) is 2.05. The van der Waals surface area contributed by atoms with Crippen molar-refractivity contribution in [3.05, 3.63) is 0 Å². The summed E-state index contributed by atoms with van der Waals surface area (Å²) >= 11 is 0. The van der Waals surface area contributed by atoms with E-state index < -0.39 is 0 Å². The van der Waals surface area contributed by atoms with Crippen LogP contribution in [0.15, 0.2) is 0 Å². The highest BCUT2D eigenvalue weighted by Crippen LogP contribution is 2.44. The van der Waals surface area contributed by atoms with Crippen molar-refractivity contribution < 1.29 is 9.53 Å². The van der Waals surface area contributed by atoms with Crippen LogP contribution in [0.5, 0.6) is 0 Å². The summed E-state index contributed by atoms with van der Waals surface area (Å²) in [4.78, 5) is 11.2. The minimum absolute atomic E-state index is 0.205. The molecular formula is C9H15NO2. The Hall–Kier alpha value is -0.570. The van der Waals surface area contributed by atoms with Gasteiger partial charge in [0, 0.05) is 24.3 Å². The van der Waals surface area contributed by atoms with Crippen LogP contribution < -0.4 is 5.32 Å². The number of fused-ring (bicyclic) bond motifs is 1. The highest BCUT2D eigenvalue weighted by Gasteiger charge is 2.54. The van der Waals surface area contributed by atoms with Crippen molar-refractivity contribution in [1.29, 1.82) is 0 Å². The largest absolute Gasteiger partial charge is 0.381 e. The van der Waals surface area contributed by atoms with E-state index in [1.165, 1.54) is 0 Å². The molecule has 1 N–H and O–H groups in total. The predicted octanol–water partition coefficient (Wildman–Crippen LogP) is 0.547. The smallest absolute Gasteiger partial charge is 0.220 e. The molecule has 12 heavy (non-hydrogen) atoms. The van der Waals surface area contributed by atoms with Gasteiger partial charge in [-0.2, -0.15) is 0 Å². The Morgan fingerprint density at radius 2 is 2.17 bits per heavy atom. The maximum Gasteiger partial charge on any atom is 0.220 e. The SMILES string of the molecule is CCCC(=O)NC1[C@H]2COC[C@H]12. The summed E-state index contributed by atoms with van der Waals surface area (Å²) in [7, 11) is 0. The Morgan fingerprint density at radius 1 is 1.50 bits per heavy atom. The standard InChI is InChI=1S/C9H15NO2/c1-2-3-8(11)10-9-6-4-12-5-7(6)9/h6-7,9H,2-5H2,1H3,(H,10,11)/t6-,7-/m0/s1. The van der Waals surface area contributed by atoms with E-state index in [1.54, 1.807) is 0 Å². The van der Waals surface area contributed by atoms with Gasteiger partial charge in [0.15, 0.2) is 0 Å². The number of carbonyl (C=O) groups is 1. The second kappa shape index (κ2) is 3.05. The average molecular weight is 169 g/mol. The molecule has 2 aliphatic rings. The zero-order chi connectivity index (χ0) is 8.55. The molecule has 2 fully saturated rings. The van der Waals surface area contributed by atoms with Gasteiger partial charge in [0.1, 0.15) is 0 Å².